The van der Waals surface area contributed by atoms with Crippen molar-refractivity contribution in [3.05, 3.63) is 0 Å². The average molecular weight is 453 g/mol. The topological polar surface area (TPSA) is 132 Å². The van der Waals surface area contributed by atoms with Gasteiger partial charge in [0, 0.05) is 0 Å². The van der Waals surface area contributed by atoms with E-state index in [1.54, 1.807) is 0 Å². The molecule has 1 heterocycles. The number of hydrogen-bond acceptors (Lipinski definition) is 10. The fraction of sp³-hybridized carbons (Fsp3) is 0.688. The molecule has 0 saturated carbocycles. The van der Waals surface area contributed by atoms with Crippen LogP contribution in [0.25, 0.3) is 0 Å². The second-order valence-electron chi connectivity index (χ2n) is 5.70. The Bertz CT molecular complexity index is 618. The first-order valence-corrected chi connectivity index (χ1v) is 10.0. The van der Waals surface area contributed by atoms with E-state index >= 15 is 0 Å². The summed E-state index contributed by atoms with van der Waals surface area (Å²) < 4.78 is 24.5. The van der Waals surface area contributed by atoms with Crippen molar-refractivity contribution in [2.45, 2.75) is 62.7 Å². The Hall–Kier alpha value is -2.13. The van der Waals surface area contributed by atoms with Crippen LogP contribution in [0, 0.1) is 0 Å². The van der Waals surface area contributed by atoms with Gasteiger partial charge in [0.2, 0.25) is 0 Å². The van der Waals surface area contributed by atoms with Gasteiger partial charge in [0.1, 0.15) is 0 Å². The zero-order valence-electron chi connectivity index (χ0n) is 15.6. The number of carbonyl (C=O) groups is 5. The molecule has 1 rings (SSSR count). The van der Waals surface area contributed by atoms with E-state index in [0.717, 1.165) is 27.7 Å². The second kappa shape index (κ2) is 9.70. The van der Waals surface area contributed by atoms with Crippen LogP contribution >= 0.6 is 0 Å². The number of ether oxygens (including phenoxy) is 5. The zero-order valence-corrected chi connectivity index (χ0v) is 17.4. The SMILES string of the molecule is CC(=O)OC[C@@H](OC(C)=O)[C@]1(OC(C)=O)[Se]C[C@H](OC(C)=O)[C@@H]1OC(C)=O. The molecule has 0 aromatic heterocycles. The Labute approximate surface area is 162 Å². The first kappa shape index (κ1) is 22.9. The fourth-order valence-corrected chi connectivity index (χ4v) is 5.73. The van der Waals surface area contributed by atoms with Crippen LogP contribution < -0.4 is 0 Å². The minimum absolute atomic E-state index is 0.232. The quantitative estimate of drug-likeness (QED) is 0.289. The molecule has 1 aliphatic heterocycles. The number of hydrogen-bond donors (Lipinski definition) is 0. The minimum atomic E-state index is -1.62. The van der Waals surface area contributed by atoms with E-state index in [-0.39, 0.29) is 5.32 Å². The molecule has 152 valence electrons. The molecule has 0 radical (unpaired) electrons. The molecule has 0 spiro atoms. The maximum absolute atomic E-state index is 11.8. The Morgan fingerprint density at radius 1 is 0.889 bits per heavy atom. The van der Waals surface area contributed by atoms with Crippen LogP contribution in [0.1, 0.15) is 34.6 Å². The third kappa shape index (κ3) is 6.51. The van der Waals surface area contributed by atoms with E-state index in [4.69, 9.17) is 23.7 Å². The number of carbonyl (C=O) groups excluding carboxylic acids is 5. The van der Waals surface area contributed by atoms with Crippen LogP contribution in [0.5, 0.6) is 0 Å². The van der Waals surface area contributed by atoms with E-state index in [1.807, 2.05) is 0 Å². The van der Waals surface area contributed by atoms with Crippen molar-refractivity contribution in [3.8, 4) is 0 Å². The first-order chi connectivity index (χ1) is 12.5. The molecule has 4 atom stereocenters. The van der Waals surface area contributed by atoms with Gasteiger partial charge in [0.15, 0.2) is 0 Å². The van der Waals surface area contributed by atoms with E-state index < -0.39 is 74.2 Å². The van der Waals surface area contributed by atoms with Gasteiger partial charge in [-0.15, -0.1) is 0 Å². The average Bonchev–Trinajstić information content (AvgIpc) is 2.80. The van der Waals surface area contributed by atoms with E-state index in [1.165, 1.54) is 6.92 Å². The molecular weight excluding hydrogens is 431 g/mol. The molecule has 0 aliphatic carbocycles. The van der Waals surface area contributed by atoms with Crippen molar-refractivity contribution in [1.29, 1.82) is 0 Å². The summed E-state index contributed by atoms with van der Waals surface area (Å²) in [6.45, 7) is 5.34. The molecule has 1 fully saturated rings. The summed E-state index contributed by atoms with van der Waals surface area (Å²) >= 11 is -0.640. The molecule has 1 aliphatic rings. The normalized spacial score (nSPS) is 25.1. The van der Waals surface area contributed by atoms with E-state index in [2.05, 4.69) is 0 Å². The summed E-state index contributed by atoms with van der Waals surface area (Å²) in [5.41, 5.74) is 0. The molecule has 27 heavy (non-hydrogen) atoms. The van der Waals surface area contributed by atoms with Gasteiger partial charge in [-0.25, -0.2) is 0 Å². The van der Waals surface area contributed by atoms with Gasteiger partial charge in [0.05, 0.1) is 0 Å². The van der Waals surface area contributed by atoms with Crippen molar-refractivity contribution in [3.63, 3.8) is 0 Å². The van der Waals surface area contributed by atoms with Crippen LogP contribution in [0.4, 0.5) is 0 Å². The maximum atomic E-state index is 11.8. The molecule has 0 amide bonds. The summed E-state index contributed by atoms with van der Waals surface area (Å²) in [5.74, 6) is -3.41. The van der Waals surface area contributed by atoms with Crippen LogP contribution in [0.3, 0.4) is 0 Å². The van der Waals surface area contributed by atoms with E-state index in [9.17, 15) is 24.0 Å². The van der Waals surface area contributed by atoms with Gasteiger partial charge < -0.3 is 0 Å². The zero-order chi connectivity index (χ0) is 20.8. The van der Waals surface area contributed by atoms with Gasteiger partial charge >= 0.3 is 162 Å². The third-order valence-corrected chi connectivity index (χ3v) is 6.52. The molecule has 11 heteroatoms. The molecule has 1 saturated heterocycles. The molecule has 10 nitrogen and oxygen atoms in total. The molecular formula is C16H22O10Se. The molecule has 0 N–H and O–H groups in total. The fourth-order valence-electron chi connectivity index (χ4n) is 2.57. The molecule has 0 aromatic rings. The monoisotopic (exact) mass is 454 g/mol. The predicted octanol–water partition coefficient (Wildman–Crippen LogP) is -0.260. The molecule has 0 bridgehead atoms. The van der Waals surface area contributed by atoms with Crippen molar-refractivity contribution in [1.82, 2.24) is 0 Å². The number of rotatable bonds is 7. The summed E-state index contributed by atoms with van der Waals surface area (Å²) in [4.78, 5) is 57.6. The Kier molecular flexibility index (Phi) is 8.23. The van der Waals surface area contributed by atoms with Crippen molar-refractivity contribution >= 4 is 44.8 Å². The number of esters is 5. The third-order valence-electron chi connectivity index (χ3n) is 3.32. The van der Waals surface area contributed by atoms with Crippen LogP contribution in [0.15, 0.2) is 0 Å². The van der Waals surface area contributed by atoms with Gasteiger partial charge in [-0.1, -0.05) is 0 Å². The van der Waals surface area contributed by atoms with Gasteiger partial charge in [-0.2, -0.15) is 0 Å². The van der Waals surface area contributed by atoms with E-state index in [0.29, 0.717) is 0 Å². The second-order valence-corrected chi connectivity index (χ2v) is 8.35. The van der Waals surface area contributed by atoms with Crippen molar-refractivity contribution in [2.75, 3.05) is 6.61 Å². The predicted molar refractivity (Wildman–Crippen MR) is 88.4 cm³/mol. The van der Waals surface area contributed by atoms with Gasteiger partial charge in [0.25, 0.3) is 0 Å². The Balaban J connectivity index is 3.37. The van der Waals surface area contributed by atoms with Crippen LogP contribution in [-0.4, -0.2) is 74.2 Å². The Morgan fingerprint density at radius 3 is 1.93 bits per heavy atom. The van der Waals surface area contributed by atoms with Crippen LogP contribution in [-0.2, 0) is 47.7 Å². The Morgan fingerprint density at radius 2 is 1.48 bits per heavy atom. The molecule has 0 aromatic carbocycles. The summed E-state index contributed by atoms with van der Waals surface area (Å²) in [6, 6.07) is 0. The standard InChI is InChI=1S/C16H22O10Se/c1-8(17)22-6-14(24-10(3)19)16(26-12(5)21)15(25-11(4)20)13(7-27-16)23-9(2)18/h13-15H,6-7H2,1-5H3/t13-,14+,15-,16-/m0/s1. The van der Waals surface area contributed by atoms with Crippen molar-refractivity contribution < 1.29 is 47.7 Å². The molecule has 0 unspecified atom stereocenters. The van der Waals surface area contributed by atoms with Gasteiger partial charge in [-0.3, -0.25) is 0 Å². The van der Waals surface area contributed by atoms with Crippen LogP contribution in [0.2, 0.25) is 5.32 Å². The first-order valence-electron chi connectivity index (χ1n) is 7.96. The van der Waals surface area contributed by atoms with Crippen molar-refractivity contribution in [2.24, 2.45) is 0 Å². The summed E-state index contributed by atoms with van der Waals surface area (Å²) in [5, 5.41) is 0.232. The summed E-state index contributed by atoms with van der Waals surface area (Å²) in [6.07, 6.45) is -3.36. The van der Waals surface area contributed by atoms with Gasteiger partial charge in [-0.05, 0) is 0 Å². The summed E-state index contributed by atoms with van der Waals surface area (Å²) in [7, 11) is 0.